The average molecular weight is 299 g/mol. The van der Waals surface area contributed by atoms with Crippen LogP contribution in [0.5, 0.6) is 0 Å². The summed E-state index contributed by atoms with van der Waals surface area (Å²) in [5.41, 5.74) is 8.39. The van der Waals surface area contributed by atoms with Crippen molar-refractivity contribution in [1.82, 2.24) is 0 Å². The Balaban J connectivity index is 2.15. The Morgan fingerprint density at radius 1 is 0.944 bits per heavy atom. The van der Waals surface area contributed by atoms with Crippen LogP contribution in [0, 0.1) is 6.92 Å². The zero-order valence-corrected chi connectivity index (χ0v) is 12.2. The van der Waals surface area contributed by atoms with Crippen molar-refractivity contribution in [2.45, 2.75) is 20.3 Å². The molecule has 0 aromatic heterocycles. The van der Waals surface area contributed by atoms with E-state index in [4.69, 9.17) is 0 Å². The van der Waals surface area contributed by atoms with Gasteiger partial charge in [-0.25, -0.2) is 0 Å². The van der Waals surface area contributed by atoms with Gasteiger partial charge >= 0.3 is 0 Å². The molecule has 0 N–H and O–H groups in total. The fourth-order valence-electron chi connectivity index (χ4n) is 2.68. The molecule has 0 bridgehead atoms. The van der Waals surface area contributed by atoms with Gasteiger partial charge in [0.05, 0.1) is 0 Å². The van der Waals surface area contributed by atoms with Crippen LogP contribution in [0.2, 0.25) is 0 Å². The summed E-state index contributed by atoms with van der Waals surface area (Å²) in [6, 6.07) is 15.2. The maximum Gasteiger partial charge on any atom is 0.0250 e. The number of fused-ring (bicyclic) bond motifs is 1. The maximum absolute atomic E-state index is 3.66. The highest BCUT2D eigenvalue weighted by Crippen LogP contribution is 2.40. The van der Waals surface area contributed by atoms with E-state index in [2.05, 4.69) is 72.2 Å². The summed E-state index contributed by atoms with van der Waals surface area (Å²) in [5.74, 6) is 0. The molecule has 0 radical (unpaired) electrons. The highest BCUT2D eigenvalue weighted by molar-refractivity contribution is 9.10. The van der Waals surface area contributed by atoms with Gasteiger partial charge in [0.2, 0.25) is 0 Å². The van der Waals surface area contributed by atoms with Gasteiger partial charge in [-0.15, -0.1) is 0 Å². The monoisotopic (exact) mass is 298 g/mol. The van der Waals surface area contributed by atoms with Gasteiger partial charge in [0, 0.05) is 4.47 Å². The Labute approximate surface area is 116 Å². The highest BCUT2D eigenvalue weighted by atomic mass is 79.9. The van der Waals surface area contributed by atoms with Gasteiger partial charge in [-0.05, 0) is 54.2 Å². The molecule has 0 atom stereocenters. The topological polar surface area (TPSA) is 0 Å². The summed E-state index contributed by atoms with van der Waals surface area (Å²) in [6.07, 6.45) is 1.05. The minimum absolute atomic E-state index is 1.05. The maximum atomic E-state index is 3.66. The predicted molar refractivity (Wildman–Crippen MR) is 81.5 cm³/mol. The molecule has 1 aliphatic carbocycles. The smallest absolute Gasteiger partial charge is 0.0250 e. The molecule has 2 aromatic rings. The van der Waals surface area contributed by atoms with Crippen molar-refractivity contribution < 1.29 is 0 Å². The zero-order chi connectivity index (χ0) is 12.7. The second kappa shape index (κ2) is 4.40. The Bertz CT molecular complexity index is 650. The lowest BCUT2D eigenvalue weighted by atomic mass is 10.0. The largest absolute Gasteiger partial charge is 0.0616 e. The van der Waals surface area contributed by atoms with E-state index in [-0.39, 0.29) is 0 Å². The second-order valence-corrected chi connectivity index (χ2v) is 5.78. The number of rotatable bonds is 1. The van der Waals surface area contributed by atoms with E-state index in [1.807, 2.05) is 0 Å². The first-order valence-electron chi connectivity index (χ1n) is 6.21. The molecule has 0 nitrogen and oxygen atoms in total. The third kappa shape index (κ3) is 1.83. The van der Waals surface area contributed by atoms with Crippen molar-refractivity contribution in [2.75, 3.05) is 0 Å². The van der Waals surface area contributed by atoms with Crippen molar-refractivity contribution in [3.05, 3.63) is 69.2 Å². The van der Waals surface area contributed by atoms with Crippen molar-refractivity contribution >= 4 is 27.1 Å². The summed E-state index contributed by atoms with van der Waals surface area (Å²) in [7, 11) is 0. The predicted octanol–water partition coefficient (Wildman–Crippen LogP) is 5.24. The van der Waals surface area contributed by atoms with Crippen LogP contribution in [-0.2, 0) is 6.42 Å². The highest BCUT2D eigenvalue weighted by Gasteiger charge is 2.20. The number of halogens is 1. The van der Waals surface area contributed by atoms with E-state index in [0.29, 0.717) is 0 Å². The molecule has 0 unspecified atom stereocenters. The fraction of sp³-hybridized carbons (Fsp3) is 0.176. The number of aryl methyl sites for hydroxylation is 1. The van der Waals surface area contributed by atoms with Gasteiger partial charge in [0.25, 0.3) is 0 Å². The van der Waals surface area contributed by atoms with E-state index in [0.717, 1.165) is 6.42 Å². The molecule has 0 spiro atoms. The molecular weight excluding hydrogens is 284 g/mol. The van der Waals surface area contributed by atoms with Crippen LogP contribution in [0.15, 0.2) is 46.9 Å². The van der Waals surface area contributed by atoms with Crippen molar-refractivity contribution in [3.63, 3.8) is 0 Å². The molecule has 90 valence electrons. The molecule has 3 rings (SSSR count). The van der Waals surface area contributed by atoms with E-state index < -0.39 is 0 Å². The fourth-order valence-corrected chi connectivity index (χ4v) is 3.21. The summed E-state index contributed by atoms with van der Waals surface area (Å²) in [4.78, 5) is 0. The quantitative estimate of drug-likeness (QED) is 0.675. The summed E-state index contributed by atoms with van der Waals surface area (Å²) in [5, 5.41) is 0. The Kier molecular flexibility index (Phi) is 2.87. The van der Waals surface area contributed by atoms with Gasteiger partial charge in [0.1, 0.15) is 0 Å². The molecule has 1 aliphatic rings. The van der Waals surface area contributed by atoms with Gasteiger partial charge < -0.3 is 0 Å². The molecular formula is C17H15Br. The van der Waals surface area contributed by atoms with E-state index in [9.17, 15) is 0 Å². The van der Waals surface area contributed by atoms with E-state index >= 15 is 0 Å². The molecule has 0 fully saturated rings. The van der Waals surface area contributed by atoms with Crippen LogP contribution in [0.25, 0.3) is 11.1 Å². The first-order valence-corrected chi connectivity index (χ1v) is 7.00. The summed E-state index contributed by atoms with van der Waals surface area (Å²) >= 11 is 3.66. The number of hydrogen-bond acceptors (Lipinski definition) is 0. The van der Waals surface area contributed by atoms with Crippen LogP contribution in [-0.4, -0.2) is 0 Å². The third-order valence-electron chi connectivity index (χ3n) is 3.69. The SMILES string of the molecule is CC1=C(c2ccccc2Br)Cc2ccc(C)cc21. The number of benzene rings is 2. The van der Waals surface area contributed by atoms with Crippen LogP contribution < -0.4 is 0 Å². The second-order valence-electron chi connectivity index (χ2n) is 4.92. The van der Waals surface area contributed by atoms with Crippen LogP contribution >= 0.6 is 15.9 Å². The van der Waals surface area contributed by atoms with Crippen molar-refractivity contribution in [1.29, 1.82) is 0 Å². The molecule has 1 heteroatoms. The Hall–Kier alpha value is -1.34. The number of allylic oxidation sites excluding steroid dienone is 2. The first-order chi connectivity index (χ1) is 8.66. The van der Waals surface area contributed by atoms with Crippen LogP contribution in [0.1, 0.15) is 29.2 Å². The third-order valence-corrected chi connectivity index (χ3v) is 4.38. The van der Waals surface area contributed by atoms with Crippen molar-refractivity contribution in [2.24, 2.45) is 0 Å². The van der Waals surface area contributed by atoms with Crippen LogP contribution in [0.3, 0.4) is 0 Å². The van der Waals surface area contributed by atoms with Gasteiger partial charge in [0.15, 0.2) is 0 Å². The van der Waals surface area contributed by atoms with Gasteiger partial charge in [-0.1, -0.05) is 57.9 Å². The number of hydrogen-bond donors (Lipinski definition) is 0. The molecule has 0 saturated heterocycles. The average Bonchev–Trinajstić information content (AvgIpc) is 2.68. The van der Waals surface area contributed by atoms with Crippen LogP contribution in [0.4, 0.5) is 0 Å². The summed E-state index contributed by atoms with van der Waals surface area (Å²) < 4.78 is 1.18. The normalized spacial score (nSPS) is 13.9. The molecule has 0 aliphatic heterocycles. The standard InChI is InChI=1S/C17H15Br/c1-11-7-8-13-10-16(12(2)15(13)9-11)14-5-3-4-6-17(14)18/h3-9H,10H2,1-2H3. The Morgan fingerprint density at radius 3 is 2.50 bits per heavy atom. The molecule has 0 amide bonds. The zero-order valence-electron chi connectivity index (χ0n) is 10.6. The molecule has 18 heavy (non-hydrogen) atoms. The minimum Gasteiger partial charge on any atom is -0.0616 e. The molecule has 0 saturated carbocycles. The van der Waals surface area contributed by atoms with Crippen molar-refractivity contribution in [3.8, 4) is 0 Å². The molecule has 2 aromatic carbocycles. The lowest BCUT2D eigenvalue weighted by Gasteiger charge is -2.06. The van der Waals surface area contributed by atoms with Gasteiger partial charge in [-0.3, -0.25) is 0 Å². The minimum atomic E-state index is 1.05. The first kappa shape index (κ1) is 11.7. The van der Waals surface area contributed by atoms with E-state index in [1.165, 1.54) is 37.9 Å². The molecule has 0 heterocycles. The lowest BCUT2D eigenvalue weighted by molar-refractivity contribution is 1.29. The lowest BCUT2D eigenvalue weighted by Crippen LogP contribution is -1.87. The van der Waals surface area contributed by atoms with E-state index in [1.54, 1.807) is 0 Å². The Morgan fingerprint density at radius 2 is 1.72 bits per heavy atom. The van der Waals surface area contributed by atoms with Gasteiger partial charge in [-0.2, -0.15) is 0 Å². The summed E-state index contributed by atoms with van der Waals surface area (Å²) in [6.45, 7) is 4.39.